The lowest BCUT2D eigenvalue weighted by Gasteiger charge is -2.32. The van der Waals surface area contributed by atoms with Gasteiger partial charge in [-0.15, -0.1) is 0 Å². The molecule has 1 aliphatic rings. The summed E-state index contributed by atoms with van der Waals surface area (Å²) in [4.78, 5) is 10.8. The van der Waals surface area contributed by atoms with Gasteiger partial charge in [-0.2, -0.15) is 4.98 Å². The number of ether oxygens (including phenoxy) is 1. The van der Waals surface area contributed by atoms with Crippen molar-refractivity contribution in [3.63, 3.8) is 0 Å². The highest BCUT2D eigenvalue weighted by Crippen LogP contribution is 2.24. The fraction of sp³-hybridized carbons (Fsp3) is 0.412. The van der Waals surface area contributed by atoms with Crippen LogP contribution in [-0.4, -0.2) is 41.1 Å². The Hall–Kier alpha value is -1.85. The van der Waals surface area contributed by atoms with Crippen LogP contribution in [0.2, 0.25) is 5.02 Å². The molecular formula is C17H21ClN4O. The Morgan fingerprint density at radius 1 is 1.26 bits per heavy atom. The number of aromatic nitrogens is 2. The molecule has 0 aliphatic carbocycles. The van der Waals surface area contributed by atoms with E-state index in [2.05, 4.69) is 50.5 Å². The zero-order valence-electron chi connectivity index (χ0n) is 13.2. The van der Waals surface area contributed by atoms with E-state index in [9.17, 15) is 0 Å². The molecule has 1 aromatic heterocycles. The van der Waals surface area contributed by atoms with E-state index in [0.29, 0.717) is 22.9 Å². The minimum absolute atomic E-state index is 0.332. The molecule has 23 heavy (non-hydrogen) atoms. The van der Waals surface area contributed by atoms with E-state index in [1.54, 1.807) is 13.3 Å². The predicted octanol–water partition coefficient (Wildman–Crippen LogP) is 3.22. The minimum atomic E-state index is 0.332. The molecule has 5 nitrogen and oxygen atoms in total. The Morgan fingerprint density at radius 3 is 2.70 bits per heavy atom. The molecule has 3 rings (SSSR count). The summed E-state index contributed by atoms with van der Waals surface area (Å²) in [6.45, 7) is 3.13. The second-order valence-corrected chi connectivity index (χ2v) is 6.14. The number of anilines is 1. The Morgan fingerprint density at radius 2 is 2.00 bits per heavy atom. The number of likely N-dealkylation sites (tertiary alicyclic amines) is 1. The average molecular weight is 333 g/mol. The third kappa shape index (κ3) is 4.33. The van der Waals surface area contributed by atoms with Gasteiger partial charge >= 0.3 is 6.01 Å². The number of piperidine rings is 1. The lowest BCUT2D eigenvalue weighted by Crippen LogP contribution is -2.38. The molecule has 0 saturated carbocycles. The molecule has 0 radical (unpaired) electrons. The van der Waals surface area contributed by atoms with Crippen LogP contribution in [0.25, 0.3) is 0 Å². The van der Waals surface area contributed by atoms with Gasteiger partial charge in [0, 0.05) is 25.7 Å². The van der Waals surface area contributed by atoms with E-state index in [1.807, 2.05) is 0 Å². The van der Waals surface area contributed by atoms with Crippen LogP contribution in [0.1, 0.15) is 18.4 Å². The lowest BCUT2D eigenvalue weighted by molar-refractivity contribution is 0.211. The molecule has 1 aliphatic heterocycles. The van der Waals surface area contributed by atoms with Crippen molar-refractivity contribution in [2.24, 2.45) is 0 Å². The van der Waals surface area contributed by atoms with E-state index in [-0.39, 0.29) is 0 Å². The smallest absolute Gasteiger partial charge is 0.318 e. The molecule has 2 heterocycles. The fourth-order valence-electron chi connectivity index (χ4n) is 2.82. The molecule has 2 aromatic rings. The maximum Gasteiger partial charge on any atom is 0.318 e. The quantitative estimate of drug-likeness (QED) is 0.911. The van der Waals surface area contributed by atoms with E-state index in [4.69, 9.17) is 16.3 Å². The van der Waals surface area contributed by atoms with Crippen molar-refractivity contribution >= 4 is 17.4 Å². The summed E-state index contributed by atoms with van der Waals surface area (Å²) >= 11 is 6.15. The summed E-state index contributed by atoms with van der Waals surface area (Å²) in [5, 5.41) is 3.94. The number of nitrogens with one attached hydrogen (secondary N) is 1. The number of methoxy groups -OCH3 is 1. The number of benzene rings is 1. The third-order valence-corrected chi connectivity index (χ3v) is 4.36. The summed E-state index contributed by atoms with van der Waals surface area (Å²) in [7, 11) is 1.55. The second kappa shape index (κ2) is 7.62. The van der Waals surface area contributed by atoms with Crippen LogP contribution in [0.5, 0.6) is 6.01 Å². The summed E-state index contributed by atoms with van der Waals surface area (Å²) in [6.07, 6.45) is 3.70. The number of halogens is 1. The van der Waals surface area contributed by atoms with Crippen LogP contribution < -0.4 is 10.1 Å². The van der Waals surface area contributed by atoms with Gasteiger partial charge in [-0.05, 0) is 18.4 Å². The van der Waals surface area contributed by atoms with E-state index >= 15 is 0 Å². The highest BCUT2D eigenvalue weighted by Gasteiger charge is 2.20. The summed E-state index contributed by atoms with van der Waals surface area (Å²) in [5.74, 6) is 0.653. The zero-order valence-corrected chi connectivity index (χ0v) is 14.0. The Kier molecular flexibility index (Phi) is 5.31. The van der Waals surface area contributed by atoms with Crippen LogP contribution >= 0.6 is 11.6 Å². The second-order valence-electron chi connectivity index (χ2n) is 5.73. The topological polar surface area (TPSA) is 50.3 Å². The van der Waals surface area contributed by atoms with Crippen molar-refractivity contribution in [1.29, 1.82) is 0 Å². The summed E-state index contributed by atoms with van der Waals surface area (Å²) in [6, 6.07) is 11.3. The number of hydrogen-bond acceptors (Lipinski definition) is 5. The third-order valence-electron chi connectivity index (χ3n) is 4.08. The Balaban J connectivity index is 1.53. The van der Waals surface area contributed by atoms with Gasteiger partial charge in [-0.1, -0.05) is 41.9 Å². The van der Waals surface area contributed by atoms with Crippen LogP contribution in [0.15, 0.2) is 36.5 Å². The predicted molar refractivity (Wildman–Crippen MR) is 92.0 cm³/mol. The van der Waals surface area contributed by atoms with Crippen molar-refractivity contribution in [1.82, 2.24) is 14.9 Å². The maximum absolute atomic E-state index is 6.15. The van der Waals surface area contributed by atoms with Gasteiger partial charge < -0.3 is 10.1 Å². The van der Waals surface area contributed by atoms with E-state index in [0.717, 1.165) is 32.5 Å². The van der Waals surface area contributed by atoms with Gasteiger partial charge in [0.25, 0.3) is 0 Å². The Labute approximate surface area is 141 Å². The van der Waals surface area contributed by atoms with Crippen molar-refractivity contribution < 1.29 is 4.74 Å². The summed E-state index contributed by atoms with van der Waals surface area (Å²) < 4.78 is 5.05. The fourth-order valence-corrected chi connectivity index (χ4v) is 2.97. The van der Waals surface area contributed by atoms with Crippen LogP contribution in [0.4, 0.5) is 5.82 Å². The van der Waals surface area contributed by atoms with Crippen molar-refractivity contribution in [3.8, 4) is 6.01 Å². The average Bonchev–Trinajstić information content (AvgIpc) is 2.59. The van der Waals surface area contributed by atoms with E-state index in [1.165, 1.54) is 5.56 Å². The largest absolute Gasteiger partial charge is 0.467 e. The van der Waals surface area contributed by atoms with Crippen molar-refractivity contribution in [3.05, 3.63) is 47.1 Å². The van der Waals surface area contributed by atoms with Crippen molar-refractivity contribution in [2.45, 2.75) is 25.4 Å². The number of nitrogens with zero attached hydrogens (tertiary/aromatic N) is 3. The molecule has 1 N–H and O–H groups in total. The molecule has 122 valence electrons. The minimum Gasteiger partial charge on any atom is -0.467 e. The first-order valence-corrected chi connectivity index (χ1v) is 8.22. The molecule has 0 bridgehead atoms. The molecular weight excluding hydrogens is 312 g/mol. The van der Waals surface area contributed by atoms with Gasteiger partial charge in [-0.3, -0.25) is 4.90 Å². The molecule has 0 amide bonds. The number of hydrogen-bond donors (Lipinski definition) is 1. The van der Waals surface area contributed by atoms with Crippen LogP contribution in [0.3, 0.4) is 0 Å². The normalized spacial score (nSPS) is 16.3. The van der Waals surface area contributed by atoms with Crippen molar-refractivity contribution in [2.75, 3.05) is 25.5 Å². The molecule has 1 fully saturated rings. The van der Waals surface area contributed by atoms with Crippen LogP contribution in [-0.2, 0) is 6.54 Å². The first-order chi connectivity index (χ1) is 11.2. The maximum atomic E-state index is 6.15. The molecule has 0 spiro atoms. The SMILES string of the molecule is COc1ncc(Cl)c(NC2CCN(Cc3ccccc3)CC2)n1. The first-order valence-electron chi connectivity index (χ1n) is 7.84. The monoisotopic (exact) mass is 332 g/mol. The summed E-state index contributed by atoms with van der Waals surface area (Å²) in [5.41, 5.74) is 1.36. The lowest BCUT2D eigenvalue weighted by atomic mass is 10.0. The Bertz CT molecular complexity index is 630. The molecule has 1 aromatic carbocycles. The molecule has 0 unspecified atom stereocenters. The van der Waals surface area contributed by atoms with Gasteiger partial charge in [0.1, 0.15) is 5.02 Å². The van der Waals surface area contributed by atoms with E-state index < -0.39 is 0 Å². The first kappa shape index (κ1) is 16.0. The highest BCUT2D eigenvalue weighted by atomic mass is 35.5. The van der Waals surface area contributed by atoms with Gasteiger partial charge in [0.2, 0.25) is 0 Å². The number of rotatable bonds is 5. The van der Waals surface area contributed by atoms with Gasteiger partial charge in [-0.25, -0.2) is 4.98 Å². The zero-order chi connectivity index (χ0) is 16.1. The molecule has 6 heteroatoms. The molecule has 0 atom stereocenters. The molecule has 1 saturated heterocycles. The standard InChI is InChI=1S/C17H21ClN4O/c1-23-17-19-11-15(18)16(21-17)20-14-7-9-22(10-8-14)12-13-5-3-2-4-6-13/h2-6,11,14H,7-10,12H2,1H3,(H,19,20,21). The van der Waals surface area contributed by atoms with Gasteiger partial charge in [0.05, 0.1) is 13.3 Å². The van der Waals surface area contributed by atoms with Gasteiger partial charge in [0.15, 0.2) is 5.82 Å². The van der Waals surface area contributed by atoms with Crippen LogP contribution in [0, 0.1) is 0 Å². The highest BCUT2D eigenvalue weighted by molar-refractivity contribution is 6.32.